The molecule has 0 radical (unpaired) electrons. The number of amides is 2. The highest BCUT2D eigenvalue weighted by atomic mass is 79.9. The molecule has 0 bridgehead atoms. The average Bonchev–Trinajstić information content (AvgIpc) is 3.28. The predicted octanol–water partition coefficient (Wildman–Crippen LogP) is 1.28. The molecule has 9 nitrogen and oxygen atoms in total. The minimum absolute atomic E-state index is 0.124. The van der Waals surface area contributed by atoms with Gasteiger partial charge in [-0.15, -0.1) is 0 Å². The molecule has 32 heavy (non-hydrogen) atoms. The molecule has 1 atom stereocenters. The van der Waals surface area contributed by atoms with Gasteiger partial charge in [-0.2, -0.15) is 4.31 Å². The van der Waals surface area contributed by atoms with Crippen LogP contribution in [0.1, 0.15) is 5.56 Å². The summed E-state index contributed by atoms with van der Waals surface area (Å²) in [5.41, 5.74) is 0.986. The van der Waals surface area contributed by atoms with E-state index in [1.165, 1.54) is 16.4 Å². The molecule has 0 aromatic heterocycles. The van der Waals surface area contributed by atoms with Gasteiger partial charge in [0.25, 0.3) is 0 Å². The number of sulfonamides is 1. The highest BCUT2D eigenvalue weighted by molar-refractivity contribution is 9.10. The maximum Gasteiger partial charge on any atom is 0.309 e. The van der Waals surface area contributed by atoms with Gasteiger partial charge in [0, 0.05) is 17.6 Å². The molecule has 2 aromatic rings. The van der Waals surface area contributed by atoms with Crippen LogP contribution in [0.2, 0.25) is 0 Å². The second-order valence-corrected chi connectivity index (χ2v) is 9.77. The quantitative estimate of drug-likeness (QED) is 0.501. The van der Waals surface area contributed by atoms with Gasteiger partial charge in [0.1, 0.15) is 12.0 Å². The van der Waals surface area contributed by atoms with Gasteiger partial charge in [0.15, 0.2) is 0 Å². The van der Waals surface area contributed by atoms with Crippen molar-refractivity contribution in [2.45, 2.75) is 17.5 Å². The second-order valence-electron chi connectivity index (χ2n) is 6.96. The molecule has 1 aliphatic rings. The Balaban J connectivity index is 1.48. The normalized spacial score (nSPS) is 16.5. The molecule has 1 aliphatic heterocycles. The number of nitrogens with zero attached hydrogens (tertiary/aromatic N) is 1. The lowest BCUT2D eigenvalue weighted by Gasteiger charge is -2.22. The monoisotopic (exact) mass is 525 g/mol. The standard InChI is InChI=1S/C21H24BrN3O6S/c1-30-17-6-2-15(3-7-17)10-11-23-20(26)21(27)24-14-19-25(12-13-31-19)32(28,29)18-8-4-16(22)5-9-18/h2-9,19H,10-14H2,1H3,(H,23,26)(H,24,27). The van der Waals surface area contributed by atoms with Crippen molar-refractivity contribution in [3.8, 4) is 5.75 Å². The largest absolute Gasteiger partial charge is 0.497 e. The Hall–Kier alpha value is -2.47. The van der Waals surface area contributed by atoms with Gasteiger partial charge >= 0.3 is 11.8 Å². The van der Waals surface area contributed by atoms with E-state index >= 15 is 0 Å². The van der Waals surface area contributed by atoms with Crippen molar-refractivity contribution >= 4 is 37.8 Å². The zero-order valence-corrected chi connectivity index (χ0v) is 19.8. The van der Waals surface area contributed by atoms with Gasteiger partial charge < -0.3 is 20.1 Å². The van der Waals surface area contributed by atoms with E-state index in [1.807, 2.05) is 24.3 Å². The van der Waals surface area contributed by atoms with Crippen LogP contribution < -0.4 is 15.4 Å². The van der Waals surface area contributed by atoms with Gasteiger partial charge in [-0.3, -0.25) is 9.59 Å². The zero-order chi connectivity index (χ0) is 23.1. The molecule has 2 aromatic carbocycles. The third-order valence-electron chi connectivity index (χ3n) is 4.87. The number of ether oxygens (including phenoxy) is 2. The molecule has 11 heteroatoms. The van der Waals surface area contributed by atoms with Crippen molar-refractivity contribution in [3.63, 3.8) is 0 Å². The third kappa shape index (κ3) is 6.06. The van der Waals surface area contributed by atoms with E-state index in [2.05, 4.69) is 26.6 Å². The van der Waals surface area contributed by atoms with Crippen LogP contribution in [0.5, 0.6) is 5.75 Å². The minimum Gasteiger partial charge on any atom is -0.497 e. The Morgan fingerprint density at radius 2 is 1.75 bits per heavy atom. The summed E-state index contributed by atoms with van der Waals surface area (Å²) in [6.45, 7) is 0.500. The van der Waals surface area contributed by atoms with Crippen molar-refractivity contribution in [3.05, 3.63) is 58.6 Å². The first kappa shape index (κ1) is 24.2. The number of halogens is 1. The molecule has 3 rings (SSSR count). The fraction of sp³-hybridized carbons (Fsp3) is 0.333. The summed E-state index contributed by atoms with van der Waals surface area (Å²) >= 11 is 3.28. The first-order chi connectivity index (χ1) is 15.3. The van der Waals surface area contributed by atoms with Crippen LogP contribution in [-0.4, -0.2) is 64.1 Å². The maximum absolute atomic E-state index is 12.9. The van der Waals surface area contributed by atoms with E-state index < -0.39 is 28.1 Å². The van der Waals surface area contributed by atoms with Crippen LogP contribution in [0.15, 0.2) is 57.9 Å². The van der Waals surface area contributed by atoms with E-state index in [0.717, 1.165) is 15.8 Å². The van der Waals surface area contributed by atoms with Crippen LogP contribution in [0, 0.1) is 0 Å². The molecule has 2 amide bonds. The number of nitrogens with one attached hydrogen (secondary N) is 2. The molecule has 2 N–H and O–H groups in total. The van der Waals surface area contributed by atoms with Crippen LogP contribution in [-0.2, 0) is 30.8 Å². The van der Waals surface area contributed by atoms with Crippen LogP contribution in [0.3, 0.4) is 0 Å². The van der Waals surface area contributed by atoms with Crippen molar-refractivity contribution in [1.29, 1.82) is 0 Å². The third-order valence-corrected chi connectivity index (χ3v) is 7.30. The molecular formula is C21H24BrN3O6S. The summed E-state index contributed by atoms with van der Waals surface area (Å²) in [5.74, 6) is -0.905. The summed E-state index contributed by atoms with van der Waals surface area (Å²) in [6.07, 6.45) is -0.340. The number of hydrogen-bond acceptors (Lipinski definition) is 6. The number of benzene rings is 2. The van der Waals surface area contributed by atoms with Gasteiger partial charge in [0.2, 0.25) is 10.0 Å². The van der Waals surface area contributed by atoms with E-state index in [0.29, 0.717) is 6.42 Å². The highest BCUT2D eigenvalue weighted by Crippen LogP contribution is 2.23. The fourth-order valence-electron chi connectivity index (χ4n) is 3.14. The lowest BCUT2D eigenvalue weighted by Crippen LogP contribution is -2.47. The maximum atomic E-state index is 12.9. The summed E-state index contributed by atoms with van der Waals surface area (Å²) in [4.78, 5) is 24.3. The first-order valence-corrected chi connectivity index (χ1v) is 12.1. The summed E-state index contributed by atoms with van der Waals surface area (Å²) in [7, 11) is -2.21. The number of methoxy groups -OCH3 is 1. The Bertz CT molecular complexity index is 1040. The fourth-order valence-corrected chi connectivity index (χ4v) is 4.91. The molecule has 1 heterocycles. The van der Waals surface area contributed by atoms with E-state index in [1.54, 1.807) is 19.2 Å². The number of carbonyl (C=O) groups is 2. The predicted molar refractivity (Wildman–Crippen MR) is 120 cm³/mol. The van der Waals surface area contributed by atoms with E-state index in [-0.39, 0.29) is 31.1 Å². The minimum atomic E-state index is -3.80. The molecule has 0 spiro atoms. The molecule has 1 fully saturated rings. The number of rotatable bonds is 8. The lowest BCUT2D eigenvalue weighted by atomic mass is 10.1. The van der Waals surface area contributed by atoms with Crippen molar-refractivity contribution in [2.75, 3.05) is 33.4 Å². The molecule has 1 saturated heterocycles. The Kier molecular flexibility index (Phi) is 8.24. The van der Waals surface area contributed by atoms with Crippen LogP contribution in [0.4, 0.5) is 0 Å². The second kappa shape index (κ2) is 10.9. The van der Waals surface area contributed by atoms with Crippen LogP contribution >= 0.6 is 15.9 Å². The van der Waals surface area contributed by atoms with Gasteiger partial charge in [-0.05, 0) is 48.4 Å². The average molecular weight is 526 g/mol. The van der Waals surface area contributed by atoms with E-state index in [4.69, 9.17) is 9.47 Å². The smallest absolute Gasteiger partial charge is 0.309 e. The summed E-state index contributed by atoms with van der Waals surface area (Å²) in [5, 5.41) is 4.99. The van der Waals surface area contributed by atoms with Crippen molar-refractivity contribution < 1.29 is 27.5 Å². The number of hydrogen-bond donors (Lipinski definition) is 2. The Labute approximate surface area is 195 Å². The van der Waals surface area contributed by atoms with Crippen molar-refractivity contribution in [1.82, 2.24) is 14.9 Å². The van der Waals surface area contributed by atoms with Gasteiger partial charge in [-0.1, -0.05) is 28.1 Å². The topological polar surface area (TPSA) is 114 Å². The molecule has 0 saturated carbocycles. The molecule has 172 valence electrons. The Morgan fingerprint density at radius 1 is 1.09 bits per heavy atom. The van der Waals surface area contributed by atoms with Crippen molar-refractivity contribution in [2.24, 2.45) is 0 Å². The SMILES string of the molecule is COc1ccc(CCNC(=O)C(=O)NCC2OCCN2S(=O)(=O)c2ccc(Br)cc2)cc1. The molecular weight excluding hydrogens is 502 g/mol. The summed E-state index contributed by atoms with van der Waals surface area (Å²) < 4.78 is 38.3. The number of carbonyl (C=O) groups excluding carboxylic acids is 2. The lowest BCUT2D eigenvalue weighted by molar-refractivity contribution is -0.139. The van der Waals surface area contributed by atoms with Gasteiger partial charge in [-0.25, -0.2) is 8.42 Å². The Morgan fingerprint density at radius 3 is 2.41 bits per heavy atom. The molecule has 1 unspecified atom stereocenters. The highest BCUT2D eigenvalue weighted by Gasteiger charge is 2.36. The van der Waals surface area contributed by atoms with Crippen LogP contribution in [0.25, 0.3) is 0 Å². The van der Waals surface area contributed by atoms with E-state index in [9.17, 15) is 18.0 Å². The summed E-state index contributed by atoms with van der Waals surface area (Å²) in [6, 6.07) is 13.6. The van der Waals surface area contributed by atoms with Gasteiger partial charge in [0.05, 0.1) is 25.2 Å². The first-order valence-electron chi connectivity index (χ1n) is 9.89. The zero-order valence-electron chi connectivity index (χ0n) is 17.4. The molecule has 0 aliphatic carbocycles.